The summed E-state index contributed by atoms with van der Waals surface area (Å²) in [7, 11) is 0. The maximum Gasteiger partial charge on any atom is 0.433 e. The summed E-state index contributed by atoms with van der Waals surface area (Å²) < 4.78 is 37.3. The predicted molar refractivity (Wildman–Crippen MR) is 66.7 cm³/mol. The molecule has 0 unspecified atom stereocenters. The van der Waals surface area contributed by atoms with E-state index in [1.165, 1.54) is 0 Å². The second-order valence-corrected chi connectivity index (χ2v) is 4.20. The average Bonchev–Trinajstić information content (AvgIpc) is 2.40. The molecule has 0 aliphatic carbocycles. The van der Waals surface area contributed by atoms with E-state index in [-0.39, 0.29) is 12.5 Å². The van der Waals surface area contributed by atoms with Crippen molar-refractivity contribution in [3.05, 3.63) is 52.8 Å². The quantitative estimate of drug-likeness (QED) is 0.787. The molecule has 0 bridgehead atoms. The SMILES string of the molecule is FC(F)(F)c1ccnc(N=NCc2ccc(Cl)cc2)n1. The first-order valence-electron chi connectivity index (χ1n) is 5.47. The van der Waals surface area contributed by atoms with Crippen molar-refractivity contribution in [2.45, 2.75) is 12.7 Å². The highest BCUT2D eigenvalue weighted by molar-refractivity contribution is 6.30. The third kappa shape index (κ3) is 3.99. The predicted octanol–water partition coefficient (Wildman–Crippen LogP) is 4.43. The number of alkyl halides is 3. The molecule has 0 radical (unpaired) electrons. The van der Waals surface area contributed by atoms with Crippen LogP contribution in [0.3, 0.4) is 0 Å². The van der Waals surface area contributed by atoms with Crippen LogP contribution in [0.1, 0.15) is 11.3 Å². The van der Waals surface area contributed by atoms with Gasteiger partial charge in [0, 0.05) is 11.2 Å². The van der Waals surface area contributed by atoms with E-state index < -0.39 is 11.9 Å². The van der Waals surface area contributed by atoms with Crippen LogP contribution >= 0.6 is 11.6 Å². The van der Waals surface area contributed by atoms with Gasteiger partial charge in [-0.1, -0.05) is 23.7 Å². The number of hydrogen-bond acceptors (Lipinski definition) is 4. The lowest BCUT2D eigenvalue weighted by Crippen LogP contribution is -2.07. The molecule has 0 aliphatic heterocycles. The fourth-order valence-corrected chi connectivity index (χ4v) is 1.45. The van der Waals surface area contributed by atoms with E-state index in [1.807, 2.05) is 0 Å². The fourth-order valence-electron chi connectivity index (χ4n) is 1.32. The summed E-state index contributed by atoms with van der Waals surface area (Å²) in [6, 6.07) is 7.64. The van der Waals surface area contributed by atoms with Crippen LogP contribution in [0.5, 0.6) is 0 Å². The largest absolute Gasteiger partial charge is 0.433 e. The van der Waals surface area contributed by atoms with Crippen molar-refractivity contribution < 1.29 is 13.2 Å². The Labute approximate surface area is 117 Å². The van der Waals surface area contributed by atoms with Crippen LogP contribution in [0.2, 0.25) is 5.02 Å². The van der Waals surface area contributed by atoms with Gasteiger partial charge in [0.2, 0.25) is 0 Å². The van der Waals surface area contributed by atoms with Crippen LogP contribution < -0.4 is 0 Å². The first-order chi connectivity index (χ1) is 9.45. The topological polar surface area (TPSA) is 50.5 Å². The van der Waals surface area contributed by atoms with Gasteiger partial charge in [0.05, 0.1) is 6.54 Å². The second-order valence-electron chi connectivity index (χ2n) is 3.77. The van der Waals surface area contributed by atoms with Gasteiger partial charge >= 0.3 is 6.18 Å². The van der Waals surface area contributed by atoms with E-state index >= 15 is 0 Å². The van der Waals surface area contributed by atoms with Gasteiger partial charge in [0.25, 0.3) is 5.95 Å². The maximum atomic E-state index is 12.4. The van der Waals surface area contributed by atoms with Crippen LogP contribution in [0.4, 0.5) is 19.1 Å². The molecule has 20 heavy (non-hydrogen) atoms. The van der Waals surface area contributed by atoms with Gasteiger partial charge in [-0.15, -0.1) is 5.11 Å². The highest BCUT2D eigenvalue weighted by Crippen LogP contribution is 2.27. The maximum absolute atomic E-state index is 12.4. The van der Waals surface area contributed by atoms with Crippen LogP contribution in [-0.2, 0) is 12.7 Å². The number of azo groups is 1. The molecule has 0 atom stereocenters. The van der Waals surface area contributed by atoms with E-state index in [4.69, 9.17) is 11.6 Å². The Balaban J connectivity index is 2.06. The van der Waals surface area contributed by atoms with Gasteiger partial charge in [0.1, 0.15) is 5.69 Å². The van der Waals surface area contributed by atoms with Crippen molar-refractivity contribution >= 4 is 17.5 Å². The van der Waals surface area contributed by atoms with Crippen LogP contribution in [0.25, 0.3) is 0 Å². The molecule has 2 rings (SSSR count). The van der Waals surface area contributed by atoms with E-state index in [0.29, 0.717) is 5.02 Å². The zero-order valence-corrected chi connectivity index (χ0v) is 10.7. The van der Waals surface area contributed by atoms with Crippen molar-refractivity contribution in [2.75, 3.05) is 0 Å². The summed E-state index contributed by atoms with van der Waals surface area (Å²) in [5.74, 6) is -0.325. The Morgan fingerprint density at radius 2 is 1.80 bits per heavy atom. The van der Waals surface area contributed by atoms with Gasteiger partial charge < -0.3 is 0 Å². The molecule has 0 spiro atoms. The summed E-state index contributed by atoms with van der Waals surface area (Å²) in [6.07, 6.45) is -3.53. The number of nitrogens with zero attached hydrogens (tertiary/aromatic N) is 4. The van der Waals surface area contributed by atoms with Crippen LogP contribution in [-0.4, -0.2) is 9.97 Å². The highest BCUT2D eigenvalue weighted by atomic mass is 35.5. The molecule has 0 saturated heterocycles. The smallest absolute Gasteiger partial charge is 0.218 e. The van der Waals surface area contributed by atoms with Crippen molar-refractivity contribution in [1.82, 2.24) is 9.97 Å². The summed E-state index contributed by atoms with van der Waals surface area (Å²) in [5, 5.41) is 7.91. The first-order valence-corrected chi connectivity index (χ1v) is 5.85. The van der Waals surface area contributed by atoms with Crippen LogP contribution in [0, 0.1) is 0 Å². The van der Waals surface area contributed by atoms with E-state index in [9.17, 15) is 13.2 Å². The van der Waals surface area contributed by atoms with Crippen molar-refractivity contribution in [3.8, 4) is 0 Å². The lowest BCUT2D eigenvalue weighted by Gasteiger charge is -2.04. The molecule has 1 aromatic carbocycles. The zero-order valence-electron chi connectivity index (χ0n) is 9.97. The van der Waals surface area contributed by atoms with Gasteiger partial charge in [-0.3, -0.25) is 0 Å². The zero-order chi connectivity index (χ0) is 14.6. The van der Waals surface area contributed by atoms with Crippen molar-refractivity contribution in [2.24, 2.45) is 10.2 Å². The minimum absolute atomic E-state index is 0.205. The molecular weight excluding hydrogens is 293 g/mol. The Hall–Kier alpha value is -2.02. The Kier molecular flexibility index (Phi) is 4.29. The average molecular weight is 301 g/mol. The molecule has 0 amide bonds. The minimum atomic E-state index is -4.52. The van der Waals surface area contributed by atoms with Gasteiger partial charge in [-0.25, -0.2) is 9.97 Å². The summed E-state index contributed by atoms with van der Waals surface area (Å²) in [5.41, 5.74) is -0.224. The molecule has 1 heterocycles. The molecule has 0 saturated carbocycles. The molecular formula is C12H8ClF3N4. The Morgan fingerprint density at radius 1 is 1.10 bits per heavy atom. The standard InChI is InChI=1S/C12H8ClF3N4/c13-9-3-1-8(2-4-9)7-18-20-11-17-6-5-10(19-11)12(14,15)16/h1-6H,7H2. The molecule has 0 N–H and O–H groups in total. The normalized spacial score (nSPS) is 12.0. The Morgan fingerprint density at radius 3 is 2.45 bits per heavy atom. The lowest BCUT2D eigenvalue weighted by molar-refractivity contribution is -0.141. The van der Waals surface area contributed by atoms with Gasteiger partial charge in [-0.2, -0.15) is 18.3 Å². The van der Waals surface area contributed by atoms with Gasteiger partial charge in [0.15, 0.2) is 0 Å². The molecule has 104 valence electrons. The number of halogens is 4. The van der Waals surface area contributed by atoms with Gasteiger partial charge in [-0.05, 0) is 23.8 Å². The van der Waals surface area contributed by atoms with E-state index in [1.54, 1.807) is 24.3 Å². The molecule has 8 heteroatoms. The molecule has 0 fully saturated rings. The molecule has 1 aromatic heterocycles. The van der Waals surface area contributed by atoms with Crippen LogP contribution in [0.15, 0.2) is 46.8 Å². The van der Waals surface area contributed by atoms with E-state index in [0.717, 1.165) is 17.8 Å². The third-order valence-corrected chi connectivity index (χ3v) is 2.51. The van der Waals surface area contributed by atoms with Crippen molar-refractivity contribution in [1.29, 1.82) is 0 Å². The molecule has 0 aliphatic rings. The first kappa shape index (κ1) is 14.4. The minimum Gasteiger partial charge on any atom is -0.218 e. The summed E-state index contributed by atoms with van der Waals surface area (Å²) >= 11 is 5.72. The monoisotopic (exact) mass is 300 g/mol. The number of rotatable bonds is 3. The third-order valence-electron chi connectivity index (χ3n) is 2.26. The highest BCUT2D eigenvalue weighted by Gasteiger charge is 2.32. The lowest BCUT2D eigenvalue weighted by atomic mass is 10.2. The number of hydrogen-bond donors (Lipinski definition) is 0. The second kappa shape index (κ2) is 5.96. The summed E-state index contributed by atoms with van der Waals surface area (Å²) in [6.45, 7) is 0.205. The molecule has 2 aromatic rings. The fraction of sp³-hybridized carbons (Fsp3) is 0.167. The number of benzene rings is 1. The van der Waals surface area contributed by atoms with Crippen molar-refractivity contribution in [3.63, 3.8) is 0 Å². The summed E-state index contributed by atoms with van der Waals surface area (Å²) in [4.78, 5) is 6.88. The Bertz CT molecular complexity index is 611. The van der Waals surface area contributed by atoms with E-state index in [2.05, 4.69) is 20.2 Å². The molecule has 4 nitrogen and oxygen atoms in total. The number of aromatic nitrogens is 2.